The van der Waals surface area contributed by atoms with Gasteiger partial charge < -0.3 is 14.9 Å². The molecule has 1 aromatic carbocycles. The van der Waals surface area contributed by atoms with Crippen LogP contribution in [0.3, 0.4) is 0 Å². The van der Waals surface area contributed by atoms with E-state index in [9.17, 15) is 5.11 Å². The van der Waals surface area contributed by atoms with E-state index in [1.165, 1.54) is 12.8 Å². The molecular weight excluding hydrogens is 242 g/mol. The summed E-state index contributed by atoms with van der Waals surface area (Å²) in [6.45, 7) is 3.72. The molecule has 0 saturated heterocycles. The van der Waals surface area contributed by atoms with Crippen LogP contribution in [0.5, 0.6) is 5.75 Å². The van der Waals surface area contributed by atoms with Crippen LogP contribution in [0.4, 0.5) is 0 Å². The number of rotatable bonds is 8. The van der Waals surface area contributed by atoms with Gasteiger partial charge in [-0.2, -0.15) is 0 Å². The SMILES string of the molecule is CCOc1ccccc1CN(C[C@H](O)CO)C1CC1. The van der Waals surface area contributed by atoms with Gasteiger partial charge in [-0.25, -0.2) is 0 Å². The molecule has 0 aliphatic heterocycles. The van der Waals surface area contributed by atoms with Gasteiger partial charge in [0.2, 0.25) is 0 Å². The summed E-state index contributed by atoms with van der Waals surface area (Å²) in [4.78, 5) is 2.23. The van der Waals surface area contributed by atoms with Gasteiger partial charge in [-0.1, -0.05) is 18.2 Å². The molecule has 0 heterocycles. The summed E-state index contributed by atoms with van der Waals surface area (Å²) in [5, 5.41) is 18.6. The molecule has 4 heteroatoms. The molecule has 1 aliphatic carbocycles. The number of ether oxygens (including phenoxy) is 1. The average Bonchev–Trinajstić information content (AvgIpc) is 3.24. The van der Waals surface area contributed by atoms with Gasteiger partial charge in [0.1, 0.15) is 5.75 Å². The first kappa shape index (κ1) is 14.3. The first-order chi connectivity index (χ1) is 9.24. The van der Waals surface area contributed by atoms with Crippen LogP contribution < -0.4 is 4.74 Å². The highest BCUT2D eigenvalue weighted by Crippen LogP contribution is 2.30. The largest absolute Gasteiger partial charge is 0.494 e. The van der Waals surface area contributed by atoms with Crippen molar-refractivity contribution in [1.82, 2.24) is 4.90 Å². The number of benzene rings is 1. The van der Waals surface area contributed by atoms with Gasteiger partial charge in [-0.3, -0.25) is 4.90 Å². The Morgan fingerprint density at radius 2 is 2.11 bits per heavy atom. The van der Waals surface area contributed by atoms with Crippen molar-refractivity contribution in [3.05, 3.63) is 29.8 Å². The summed E-state index contributed by atoms with van der Waals surface area (Å²) >= 11 is 0. The molecule has 1 atom stereocenters. The maximum absolute atomic E-state index is 9.63. The molecule has 0 radical (unpaired) electrons. The van der Waals surface area contributed by atoms with Crippen molar-refractivity contribution in [2.45, 2.75) is 38.5 Å². The zero-order valence-corrected chi connectivity index (χ0v) is 11.5. The summed E-state index contributed by atoms with van der Waals surface area (Å²) in [7, 11) is 0. The van der Waals surface area contributed by atoms with Crippen molar-refractivity contribution in [2.75, 3.05) is 19.8 Å². The molecule has 0 aromatic heterocycles. The smallest absolute Gasteiger partial charge is 0.123 e. The van der Waals surface area contributed by atoms with Crippen molar-refractivity contribution in [3.8, 4) is 5.75 Å². The van der Waals surface area contributed by atoms with E-state index < -0.39 is 6.10 Å². The van der Waals surface area contributed by atoms with E-state index in [-0.39, 0.29) is 6.61 Å². The topological polar surface area (TPSA) is 52.9 Å². The molecule has 19 heavy (non-hydrogen) atoms. The zero-order valence-electron chi connectivity index (χ0n) is 11.5. The Bertz CT molecular complexity index is 393. The normalized spacial score (nSPS) is 16.6. The van der Waals surface area contributed by atoms with Gasteiger partial charge >= 0.3 is 0 Å². The van der Waals surface area contributed by atoms with E-state index in [1.54, 1.807) is 0 Å². The predicted octanol–water partition coefficient (Wildman–Crippen LogP) is 1.40. The van der Waals surface area contributed by atoms with Crippen molar-refractivity contribution >= 4 is 0 Å². The lowest BCUT2D eigenvalue weighted by molar-refractivity contribution is 0.0537. The Hall–Kier alpha value is -1.10. The van der Waals surface area contributed by atoms with E-state index in [1.807, 2.05) is 25.1 Å². The van der Waals surface area contributed by atoms with Crippen LogP contribution in [0.25, 0.3) is 0 Å². The summed E-state index contributed by atoms with van der Waals surface area (Å²) in [5.74, 6) is 0.911. The molecule has 2 N–H and O–H groups in total. The maximum atomic E-state index is 9.63. The lowest BCUT2D eigenvalue weighted by Crippen LogP contribution is -2.35. The third-order valence-electron chi connectivity index (χ3n) is 3.37. The highest BCUT2D eigenvalue weighted by Gasteiger charge is 2.30. The minimum atomic E-state index is -0.667. The Morgan fingerprint density at radius 3 is 2.74 bits per heavy atom. The summed E-state index contributed by atoms with van der Waals surface area (Å²) in [5.41, 5.74) is 1.14. The van der Waals surface area contributed by atoms with Crippen LogP contribution in [-0.4, -0.2) is 47.0 Å². The Kier molecular flexibility index (Phi) is 5.19. The fourth-order valence-electron chi connectivity index (χ4n) is 2.26. The molecule has 0 unspecified atom stereocenters. The van der Waals surface area contributed by atoms with E-state index in [0.29, 0.717) is 19.2 Å². The molecule has 4 nitrogen and oxygen atoms in total. The summed E-state index contributed by atoms with van der Waals surface area (Å²) < 4.78 is 5.63. The van der Waals surface area contributed by atoms with Gasteiger partial charge in [-0.05, 0) is 25.8 Å². The summed E-state index contributed by atoms with van der Waals surface area (Å²) in [6, 6.07) is 8.55. The molecule has 2 rings (SSSR count). The van der Waals surface area contributed by atoms with Gasteiger partial charge in [0.25, 0.3) is 0 Å². The van der Waals surface area contributed by atoms with Crippen molar-refractivity contribution < 1.29 is 14.9 Å². The van der Waals surface area contributed by atoms with E-state index >= 15 is 0 Å². The number of hydrogen-bond acceptors (Lipinski definition) is 4. The van der Waals surface area contributed by atoms with Crippen LogP contribution in [0, 0.1) is 0 Å². The van der Waals surface area contributed by atoms with E-state index in [0.717, 1.165) is 17.9 Å². The fourth-order valence-corrected chi connectivity index (χ4v) is 2.26. The Morgan fingerprint density at radius 1 is 1.37 bits per heavy atom. The van der Waals surface area contributed by atoms with E-state index in [2.05, 4.69) is 11.0 Å². The molecule has 0 spiro atoms. The summed E-state index contributed by atoms with van der Waals surface area (Å²) in [6.07, 6.45) is 1.68. The zero-order chi connectivity index (χ0) is 13.7. The molecule has 1 aromatic rings. The second kappa shape index (κ2) is 6.89. The molecule has 106 valence electrons. The monoisotopic (exact) mass is 265 g/mol. The molecule has 1 saturated carbocycles. The Balaban J connectivity index is 2.04. The number of aliphatic hydroxyl groups is 2. The minimum absolute atomic E-state index is 0.184. The minimum Gasteiger partial charge on any atom is -0.494 e. The second-order valence-corrected chi connectivity index (χ2v) is 5.04. The van der Waals surface area contributed by atoms with Crippen LogP contribution in [0.2, 0.25) is 0 Å². The van der Waals surface area contributed by atoms with Crippen molar-refractivity contribution in [2.24, 2.45) is 0 Å². The van der Waals surface area contributed by atoms with Crippen LogP contribution in [0.1, 0.15) is 25.3 Å². The number of nitrogens with zero attached hydrogens (tertiary/aromatic N) is 1. The van der Waals surface area contributed by atoms with Crippen LogP contribution in [-0.2, 0) is 6.54 Å². The second-order valence-electron chi connectivity index (χ2n) is 5.04. The van der Waals surface area contributed by atoms with Crippen molar-refractivity contribution in [3.63, 3.8) is 0 Å². The highest BCUT2D eigenvalue weighted by molar-refractivity contribution is 5.33. The molecule has 1 fully saturated rings. The first-order valence-electron chi connectivity index (χ1n) is 6.98. The molecular formula is C15H23NO3. The molecule has 1 aliphatic rings. The van der Waals surface area contributed by atoms with Crippen LogP contribution in [0.15, 0.2) is 24.3 Å². The van der Waals surface area contributed by atoms with Crippen molar-refractivity contribution in [1.29, 1.82) is 0 Å². The number of para-hydroxylation sites is 1. The van der Waals surface area contributed by atoms with Gasteiger partial charge in [0.05, 0.1) is 19.3 Å². The van der Waals surface area contributed by atoms with Gasteiger partial charge in [0.15, 0.2) is 0 Å². The lowest BCUT2D eigenvalue weighted by atomic mass is 10.1. The van der Waals surface area contributed by atoms with Crippen LogP contribution >= 0.6 is 0 Å². The Labute approximate surface area is 114 Å². The molecule has 0 amide bonds. The standard InChI is InChI=1S/C15H23NO3/c1-2-19-15-6-4-3-5-12(15)9-16(13-7-8-13)10-14(18)11-17/h3-6,13-14,17-18H,2,7-11H2,1H3/t14-/m0/s1. The molecule has 0 bridgehead atoms. The first-order valence-corrected chi connectivity index (χ1v) is 6.98. The lowest BCUT2D eigenvalue weighted by Gasteiger charge is -2.25. The maximum Gasteiger partial charge on any atom is 0.123 e. The van der Waals surface area contributed by atoms with E-state index in [4.69, 9.17) is 9.84 Å². The number of aliphatic hydroxyl groups excluding tert-OH is 2. The third kappa shape index (κ3) is 4.20. The quantitative estimate of drug-likeness (QED) is 0.746. The fraction of sp³-hybridized carbons (Fsp3) is 0.600. The van der Waals surface area contributed by atoms with Gasteiger partial charge in [0, 0.05) is 24.7 Å². The predicted molar refractivity (Wildman–Crippen MR) is 74.1 cm³/mol. The third-order valence-corrected chi connectivity index (χ3v) is 3.37. The number of hydrogen-bond donors (Lipinski definition) is 2. The van der Waals surface area contributed by atoms with Gasteiger partial charge in [-0.15, -0.1) is 0 Å². The average molecular weight is 265 g/mol. The highest BCUT2D eigenvalue weighted by atomic mass is 16.5.